The van der Waals surface area contributed by atoms with Crippen LogP contribution >= 0.6 is 0 Å². The first-order chi connectivity index (χ1) is 10.7. The Hall–Kier alpha value is -0.570. The number of hydrogen-bond acceptors (Lipinski definition) is 2. The zero-order valence-corrected chi connectivity index (χ0v) is 14.8. The van der Waals surface area contributed by atoms with E-state index in [9.17, 15) is 4.79 Å². The topological polar surface area (TPSA) is 32.3 Å². The summed E-state index contributed by atoms with van der Waals surface area (Å²) in [5, 5.41) is 3.81. The number of carbonyl (C=O) groups is 1. The van der Waals surface area contributed by atoms with Gasteiger partial charge in [-0.1, -0.05) is 39.5 Å². The van der Waals surface area contributed by atoms with Gasteiger partial charge in [0.15, 0.2) is 0 Å². The third kappa shape index (κ3) is 5.57. The molecule has 2 aliphatic rings. The molecule has 0 spiro atoms. The molecule has 0 aromatic carbocycles. The fraction of sp³-hybridized carbons (Fsp3) is 0.947. The highest BCUT2D eigenvalue weighted by Gasteiger charge is 2.29. The number of rotatable bonds is 7. The Morgan fingerprint density at radius 3 is 2.50 bits per heavy atom. The molecule has 3 nitrogen and oxygen atoms in total. The lowest BCUT2D eigenvalue weighted by atomic mass is 9.87. The molecule has 1 saturated carbocycles. The van der Waals surface area contributed by atoms with Crippen molar-refractivity contribution < 1.29 is 4.79 Å². The van der Waals surface area contributed by atoms with Gasteiger partial charge in [-0.2, -0.15) is 0 Å². The fourth-order valence-electron chi connectivity index (χ4n) is 4.27. The van der Waals surface area contributed by atoms with Crippen molar-refractivity contribution in [2.24, 2.45) is 11.8 Å². The first-order valence-electron chi connectivity index (χ1n) is 9.74. The highest BCUT2D eigenvalue weighted by atomic mass is 16.2. The standard InChI is InChI=1S/C19H36N2O/c1-3-8-17-12-18(15-21(14-17)19(22)9-4-2)20-13-16-10-6-5-7-11-16/h16-18,20H,3-15H2,1-2H3. The summed E-state index contributed by atoms with van der Waals surface area (Å²) in [5.41, 5.74) is 0. The molecule has 2 rings (SSSR count). The maximum absolute atomic E-state index is 12.3. The van der Waals surface area contributed by atoms with Crippen LogP contribution in [-0.2, 0) is 4.79 Å². The SMILES string of the molecule is CCCC(=O)N1CC(CCC)CC(NCC2CCCCC2)C1. The van der Waals surface area contributed by atoms with E-state index in [4.69, 9.17) is 0 Å². The molecule has 0 aromatic rings. The second-order valence-corrected chi connectivity index (χ2v) is 7.55. The van der Waals surface area contributed by atoms with Gasteiger partial charge in [0, 0.05) is 25.6 Å². The van der Waals surface area contributed by atoms with E-state index in [1.165, 1.54) is 57.9 Å². The predicted molar refractivity (Wildman–Crippen MR) is 92.9 cm³/mol. The molecule has 1 heterocycles. The van der Waals surface area contributed by atoms with Crippen molar-refractivity contribution in [2.75, 3.05) is 19.6 Å². The van der Waals surface area contributed by atoms with Gasteiger partial charge in [0.2, 0.25) is 5.91 Å². The molecular formula is C19H36N2O. The van der Waals surface area contributed by atoms with Crippen LogP contribution in [-0.4, -0.2) is 36.5 Å². The zero-order valence-electron chi connectivity index (χ0n) is 14.8. The van der Waals surface area contributed by atoms with Gasteiger partial charge in [0.1, 0.15) is 0 Å². The first-order valence-corrected chi connectivity index (χ1v) is 9.74. The van der Waals surface area contributed by atoms with Crippen molar-refractivity contribution >= 4 is 5.91 Å². The van der Waals surface area contributed by atoms with Crippen LogP contribution in [0.1, 0.15) is 78.1 Å². The van der Waals surface area contributed by atoms with E-state index >= 15 is 0 Å². The first kappa shape index (κ1) is 17.8. The molecule has 1 aliphatic carbocycles. The van der Waals surface area contributed by atoms with E-state index in [0.717, 1.165) is 25.4 Å². The number of amides is 1. The second-order valence-electron chi connectivity index (χ2n) is 7.55. The van der Waals surface area contributed by atoms with Crippen LogP contribution < -0.4 is 5.32 Å². The Balaban J connectivity index is 1.83. The Morgan fingerprint density at radius 1 is 1.05 bits per heavy atom. The largest absolute Gasteiger partial charge is 0.341 e. The molecule has 1 aliphatic heterocycles. The summed E-state index contributed by atoms with van der Waals surface area (Å²) >= 11 is 0. The van der Waals surface area contributed by atoms with E-state index < -0.39 is 0 Å². The van der Waals surface area contributed by atoms with Crippen LogP contribution in [0.2, 0.25) is 0 Å². The summed E-state index contributed by atoms with van der Waals surface area (Å²) in [7, 11) is 0. The summed E-state index contributed by atoms with van der Waals surface area (Å²) < 4.78 is 0. The number of nitrogens with one attached hydrogen (secondary N) is 1. The summed E-state index contributed by atoms with van der Waals surface area (Å²) in [6.45, 7) is 7.46. The third-order valence-electron chi connectivity index (χ3n) is 5.47. The minimum absolute atomic E-state index is 0.368. The average Bonchev–Trinajstić information content (AvgIpc) is 2.54. The lowest BCUT2D eigenvalue weighted by Gasteiger charge is -2.39. The normalized spacial score (nSPS) is 27.1. The Labute approximate surface area is 137 Å². The monoisotopic (exact) mass is 308 g/mol. The van der Waals surface area contributed by atoms with Crippen LogP contribution in [0, 0.1) is 11.8 Å². The molecule has 128 valence electrons. The zero-order chi connectivity index (χ0) is 15.8. The Kier molecular flexibility index (Phi) is 7.71. The minimum atomic E-state index is 0.368. The lowest BCUT2D eigenvalue weighted by molar-refractivity contribution is -0.133. The van der Waals surface area contributed by atoms with Crippen LogP contribution in [0.25, 0.3) is 0 Å². The highest BCUT2D eigenvalue weighted by Crippen LogP contribution is 2.25. The van der Waals surface area contributed by atoms with Crippen LogP contribution in [0.5, 0.6) is 0 Å². The van der Waals surface area contributed by atoms with E-state index in [0.29, 0.717) is 24.3 Å². The summed E-state index contributed by atoms with van der Waals surface area (Å²) in [5.74, 6) is 1.94. The van der Waals surface area contributed by atoms with Crippen LogP contribution in [0.3, 0.4) is 0 Å². The third-order valence-corrected chi connectivity index (χ3v) is 5.47. The minimum Gasteiger partial charge on any atom is -0.341 e. The molecule has 1 amide bonds. The van der Waals surface area contributed by atoms with Crippen LogP contribution in [0.4, 0.5) is 0 Å². The quantitative estimate of drug-likeness (QED) is 0.771. The van der Waals surface area contributed by atoms with Crippen molar-refractivity contribution in [2.45, 2.75) is 84.1 Å². The average molecular weight is 309 g/mol. The van der Waals surface area contributed by atoms with E-state index in [2.05, 4.69) is 24.1 Å². The smallest absolute Gasteiger partial charge is 0.222 e. The van der Waals surface area contributed by atoms with Crippen molar-refractivity contribution in [3.63, 3.8) is 0 Å². The molecule has 22 heavy (non-hydrogen) atoms. The van der Waals surface area contributed by atoms with E-state index in [1.54, 1.807) is 0 Å². The second kappa shape index (κ2) is 9.54. The van der Waals surface area contributed by atoms with Crippen molar-refractivity contribution in [3.8, 4) is 0 Å². The van der Waals surface area contributed by atoms with Gasteiger partial charge in [-0.25, -0.2) is 0 Å². The van der Waals surface area contributed by atoms with Gasteiger partial charge >= 0.3 is 0 Å². The summed E-state index contributed by atoms with van der Waals surface area (Å²) in [6.07, 6.45) is 12.5. The lowest BCUT2D eigenvalue weighted by Crippen LogP contribution is -2.52. The molecule has 2 fully saturated rings. The van der Waals surface area contributed by atoms with Crippen molar-refractivity contribution in [1.82, 2.24) is 10.2 Å². The van der Waals surface area contributed by atoms with Gasteiger partial charge in [-0.15, -0.1) is 0 Å². The van der Waals surface area contributed by atoms with Crippen LogP contribution in [0.15, 0.2) is 0 Å². The molecular weight excluding hydrogens is 272 g/mol. The molecule has 2 unspecified atom stereocenters. The van der Waals surface area contributed by atoms with E-state index in [1.807, 2.05) is 0 Å². The summed E-state index contributed by atoms with van der Waals surface area (Å²) in [6, 6.07) is 0.521. The number of hydrogen-bond donors (Lipinski definition) is 1. The van der Waals surface area contributed by atoms with Gasteiger partial charge in [0.05, 0.1) is 0 Å². The van der Waals surface area contributed by atoms with Crippen molar-refractivity contribution in [1.29, 1.82) is 0 Å². The van der Waals surface area contributed by atoms with Gasteiger partial charge < -0.3 is 10.2 Å². The maximum Gasteiger partial charge on any atom is 0.222 e. The molecule has 0 aromatic heterocycles. The number of nitrogens with zero attached hydrogens (tertiary/aromatic N) is 1. The predicted octanol–water partition coefficient (Wildman–Crippen LogP) is 3.97. The number of piperidine rings is 1. The molecule has 1 N–H and O–H groups in total. The fourth-order valence-corrected chi connectivity index (χ4v) is 4.27. The molecule has 3 heteroatoms. The molecule has 0 radical (unpaired) electrons. The Bertz CT molecular complexity index is 325. The molecule has 1 saturated heterocycles. The van der Waals surface area contributed by atoms with Gasteiger partial charge in [-0.3, -0.25) is 4.79 Å². The summed E-state index contributed by atoms with van der Waals surface area (Å²) in [4.78, 5) is 14.4. The molecule has 2 atom stereocenters. The number of likely N-dealkylation sites (tertiary alicyclic amines) is 1. The Morgan fingerprint density at radius 2 is 1.82 bits per heavy atom. The van der Waals surface area contributed by atoms with Crippen molar-refractivity contribution in [3.05, 3.63) is 0 Å². The maximum atomic E-state index is 12.3. The van der Waals surface area contributed by atoms with Gasteiger partial charge in [-0.05, 0) is 50.5 Å². The highest BCUT2D eigenvalue weighted by molar-refractivity contribution is 5.76. The van der Waals surface area contributed by atoms with E-state index in [-0.39, 0.29) is 0 Å². The number of carbonyl (C=O) groups excluding carboxylic acids is 1. The van der Waals surface area contributed by atoms with Gasteiger partial charge in [0.25, 0.3) is 0 Å². The molecule has 0 bridgehead atoms.